The van der Waals surface area contributed by atoms with Crippen LogP contribution in [0.2, 0.25) is 0 Å². The van der Waals surface area contributed by atoms with E-state index in [1.54, 1.807) is 0 Å². The number of rotatable bonds is 4. The summed E-state index contributed by atoms with van der Waals surface area (Å²) in [4.78, 5) is 33.2. The molecule has 3 N–H and O–H groups in total. The van der Waals surface area contributed by atoms with E-state index in [4.69, 9.17) is 10.2 Å². The lowest BCUT2D eigenvalue weighted by Gasteiger charge is -2.07. The largest absolute Gasteiger partial charge is 0.478 e. The number of carboxylic acid groups (broad SMARTS) is 2. The molecule has 6 nitrogen and oxygen atoms in total. The third-order valence-corrected chi connectivity index (χ3v) is 2.64. The van der Waals surface area contributed by atoms with Crippen LogP contribution < -0.4 is 5.32 Å². The van der Waals surface area contributed by atoms with Crippen LogP contribution in [-0.4, -0.2) is 28.1 Å². The molecular weight excluding hydrogens is 238 g/mol. The summed E-state index contributed by atoms with van der Waals surface area (Å²) in [5.74, 6) is -2.71. The molecule has 1 aromatic carbocycles. The molecule has 1 saturated carbocycles. The van der Waals surface area contributed by atoms with Crippen molar-refractivity contribution >= 4 is 23.5 Å². The molecule has 0 saturated heterocycles. The Kier molecular flexibility index (Phi) is 3.01. The lowest BCUT2D eigenvalue weighted by molar-refractivity contribution is -0.117. The highest BCUT2D eigenvalue weighted by atomic mass is 16.4. The number of carbonyl (C=O) groups excluding carboxylic acids is 1. The fourth-order valence-electron chi connectivity index (χ4n) is 1.54. The van der Waals surface area contributed by atoms with Gasteiger partial charge in [0.25, 0.3) is 0 Å². The average molecular weight is 249 g/mol. The molecule has 94 valence electrons. The second kappa shape index (κ2) is 4.48. The number of anilines is 1. The van der Waals surface area contributed by atoms with Crippen molar-refractivity contribution in [1.29, 1.82) is 0 Å². The highest BCUT2D eigenvalue weighted by Gasteiger charge is 2.29. The van der Waals surface area contributed by atoms with Crippen LogP contribution in [0.15, 0.2) is 18.2 Å². The Morgan fingerprint density at radius 2 is 1.50 bits per heavy atom. The molecule has 1 fully saturated rings. The Hall–Kier alpha value is -2.37. The summed E-state index contributed by atoms with van der Waals surface area (Å²) in [6.07, 6.45) is 1.63. The number of amides is 1. The first kappa shape index (κ1) is 12.1. The number of carbonyl (C=O) groups is 3. The fraction of sp³-hybridized carbons (Fsp3) is 0.250. The minimum atomic E-state index is -1.24. The van der Waals surface area contributed by atoms with E-state index in [9.17, 15) is 14.4 Å². The first-order chi connectivity index (χ1) is 8.47. The lowest BCUT2D eigenvalue weighted by atomic mass is 10.1. The Balaban J connectivity index is 2.30. The number of hydrogen-bond acceptors (Lipinski definition) is 3. The van der Waals surface area contributed by atoms with E-state index in [0.717, 1.165) is 18.9 Å². The molecule has 2 rings (SSSR count). The summed E-state index contributed by atoms with van der Waals surface area (Å²) in [6, 6.07) is 3.54. The molecule has 0 atom stereocenters. The molecule has 0 spiro atoms. The second-order valence-corrected chi connectivity index (χ2v) is 4.17. The van der Waals surface area contributed by atoms with Crippen molar-refractivity contribution in [3.05, 3.63) is 29.3 Å². The van der Waals surface area contributed by atoms with E-state index in [-0.39, 0.29) is 28.6 Å². The van der Waals surface area contributed by atoms with Gasteiger partial charge in [0.15, 0.2) is 0 Å². The molecule has 0 aromatic heterocycles. The molecule has 1 aliphatic rings. The number of aromatic carboxylic acids is 2. The highest BCUT2D eigenvalue weighted by molar-refractivity contribution is 5.99. The Bertz CT molecular complexity index is 501. The van der Waals surface area contributed by atoms with Crippen molar-refractivity contribution in [2.24, 2.45) is 5.92 Å². The van der Waals surface area contributed by atoms with Crippen molar-refractivity contribution in [3.8, 4) is 0 Å². The molecule has 6 heteroatoms. The number of hydrogen-bond donors (Lipinski definition) is 3. The number of carboxylic acids is 2. The van der Waals surface area contributed by atoms with Crippen LogP contribution >= 0.6 is 0 Å². The zero-order chi connectivity index (χ0) is 13.3. The highest BCUT2D eigenvalue weighted by Crippen LogP contribution is 2.30. The minimum Gasteiger partial charge on any atom is -0.478 e. The van der Waals surface area contributed by atoms with Crippen LogP contribution in [0.1, 0.15) is 33.6 Å². The van der Waals surface area contributed by atoms with Crippen LogP contribution in [0.4, 0.5) is 5.69 Å². The Morgan fingerprint density at radius 1 is 1.00 bits per heavy atom. The van der Waals surface area contributed by atoms with Crippen molar-refractivity contribution in [1.82, 2.24) is 0 Å². The standard InChI is InChI=1S/C12H11NO5/c14-10(6-1-2-6)13-9-4-7(11(15)16)3-8(5-9)12(17)18/h3-6H,1-2H2,(H,13,14)(H,15,16)(H,17,18). The summed E-state index contributed by atoms with van der Waals surface area (Å²) in [5.41, 5.74) is -0.133. The van der Waals surface area contributed by atoms with E-state index in [0.29, 0.717) is 0 Å². The Morgan fingerprint density at radius 3 is 1.89 bits per heavy atom. The zero-order valence-electron chi connectivity index (χ0n) is 9.34. The molecule has 1 aromatic rings. The van der Waals surface area contributed by atoms with Gasteiger partial charge in [-0.2, -0.15) is 0 Å². The Labute approximate surface area is 102 Å². The summed E-state index contributed by atoms with van der Waals surface area (Å²) in [5, 5.41) is 20.3. The first-order valence-corrected chi connectivity index (χ1v) is 5.40. The first-order valence-electron chi connectivity index (χ1n) is 5.40. The molecule has 0 unspecified atom stereocenters. The van der Waals surface area contributed by atoms with Crippen LogP contribution in [-0.2, 0) is 4.79 Å². The summed E-state index contributed by atoms with van der Waals surface area (Å²) in [7, 11) is 0. The summed E-state index contributed by atoms with van der Waals surface area (Å²) < 4.78 is 0. The quantitative estimate of drug-likeness (QED) is 0.748. The molecule has 0 aliphatic heterocycles. The van der Waals surface area contributed by atoms with Gasteiger partial charge in [0.2, 0.25) is 5.91 Å². The minimum absolute atomic E-state index is 0.0354. The van der Waals surface area contributed by atoms with Crippen molar-refractivity contribution in [3.63, 3.8) is 0 Å². The van der Waals surface area contributed by atoms with Gasteiger partial charge in [0.1, 0.15) is 0 Å². The van der Waals surface area contributed by atoms with Gasteiger partial charge >= 0.3 is 11.9 Å². The van der Waals surface area contributed by atoms with E-state index < -0.39 is 11.9 Å². The van der Waals surface area contributed by atoms with Crippen molar-refractivity contribution < 1.29 is 24.6 Å². The smallest absolute Gasteiger partial charge is 0.335 e. The molecule has 0 radical (unpaired) electrons. The topological polar surface area (TPSA) is 104 Å². The van der Waals surface area contributed by atoms with E-state index >= 15 is 0 Å². The van der Waals surface area contributed by atoms with Crippen molar-refractivity contribution in [2.45, 2.75) is 12.8 Å². The normalized spacial score (nSPS) is 14.0. The van der Waals surface area contributed by atoms with E-state index in [1.807, 2.05) is 0 Å². The monoisotopic (exact) mass is 249 g/mol. The van der Waals surface area contributed by atoms with Gasteiger partial charge in [0.05, 0.1) is 11.1 Å². The maximum absolute atomic E-state index is 11.5. The van der Waals surface area contributed by atoms with Gasteiger partial charge in [-0.25, -0.2) is 9.59 Å². The van der Waals surface area contributed by atoms with Crippen LogP contribution in [0.25, 0.3) is 0 Å². The SMILES string of the molecule is O=C(O)c1cc(NC(=O)C2CC2)cc(C(=O)O)c1. The zero-order valence-corrected chi connectivity index (χ0v) is 9.34. The van der Waals surface area contributed by atoms with Crippen LogP contribution in [0.5, 0.6) is 0 Å². The number of benzene rings is 1. The maximum atomic E-state index is 11.5. The maximum Gasteiger partial charge on any atom is 0.335 e. The van der Waals surface area contributed by atoms with Gasteiger partial charge in [-0.3, -0.25) is 4.79 Å². The second-order valence-electron chi connectivity index (χ2n) is 4.17. The summed E-state index contributed by atoms with van der Waals surface area (Å²) >= 11 is 0. The van der Waals surface area contributed by atoms with Gasteiger partial charge < -0.3 is 15.5 Å². The number of nitrogens with one attached hydrogen (secondary N) is 1. The van der Waals surface area contributed by atoms with Gasteiger partial charge in [0, 0.05) is 11.6 Å². The molecule has 0 heterocycles. The molecule has 1 amide bonds. The molecular formula is C12H11NO5. The van der Waals surface area contributed by atoms with Gasteiger partial charge in [-0.05, 0) is 31.0 Å². The van der Waals surface area contributed by atoms with E-state index in [1.165, 1.54) is 12.1 Å². The van der Waals surface area contributed by atoms with Gasteiger partial charge in [-0.15, -0.1) is 0 Å². The predicted octanol–water partition coefficient (Wildman–Crippen LogP) is 1.43. The third-order valence-electron chi connectivity index (χ3n) is 2.64. The fourth-order valence-corrected chi connectivity index (χ4v) is 1.54. The summed E-state index contributed by atoms with van der Waals surface area (Å²) in [6.45, 7) is 0. The average Bonchev–Trinajstić information content (AvgIpc) is 3.12. The van der Waals surface area contributed by atoms with E-state index in [2.05, 4.69) is 5.32 Å². The predicted molar refractivity (Wildman–Crippen MR) is 61.7 cm³/mol. The third kappa shape index (κ3) is 2.65. The van der Waals surface area contributed by atoms with Crippen molar-refractivity contribution in [2.75, 3.05) is 5.32 Å². The molecule has 0 bridgehead atoms. The molecule has 1 aliphatic carbocycles. The van der Waals surface area contributed by atoms with Crippen LogP contribution in [0.3, 0.4) is 0 Å². The molecule has 18 heavy (non-hydrogen) atoms. The van der Waals surface area contributed by atoms with Gasteiger partial charge in [-0.1, -0.05) is 0 Å². The lowest BCUT2D eigenvalue weighted by Crippen LogP contribution is -2.14. The van der Waals surface area contributed by atoms with Crippen LogP contribution in [0, 0.1) is 5.92 Å².